The molecule has 15 heavy (non-hydrogen) atoms. The number of hydrogen-bond donors (Lipinski definition) is 3. The quantitative estimate of drug-likeness (QED) is 0.471. The van der Waals surface area contributed by atoms with Gasteiger partial charge in [-0.15, -0.1) is 4.68 Å². The standard InChI is InChI=1S/C6H6N6O3/c7-3-8-1-2-11(3)12-5(14)9-4(13)10-6(12)15/h1-2H,(H2,7,8)(H2,9,10,13,14,15). The van der Waals surface area contributed by atoms with E-state index in [1.54, 1.807) is 0 Å². The number of anilines is 1. The van der Waals surface area contributed by atoms with Crippen molar-refractivity contribution >= 4 is 5.95 Å². The third-order valence-electron chi connectivity index (χ3n) is 1.69. The van der Waals surface area contributed by atoms with Crippen LogP contribution >= 0.6 is 0 Å². The zero-order valence-corrected chi connectivity index (χ0v) is 7.30. The van der Waals surface area contributed by atoms with E-state index in [-0.39, 0.29) is 5.95 Å². The Bertz CT molecular complexity index is 624. The lowest BCUT2D eigenvalue weighted by molar-refractivity contribution is 0.566. The number of rotatable bonds is 1. The fourth-order valence-corrected chi connectivity index (χ4v) is 1.10. The van der Waals surface area contributed by atoms with Crippen LogP contribution in [0.1, 0.15) is 0 Å². The largest absolute Gasteiger partial charge is 0.368 e. The Morgan fingerprint density at radius 3 is 2.27 bits per heavy atom. The highest BCUT2D eigenvalue weighted by Gasteiger charge is 2.06. The number of nitrogens with two attached hydrogens (primary N) is 1. The molecule has 0 saturated carbocycles. The summed E-state index contributed by atoms with van der Waals surface area (Å²) in [5.41, 5.74) is 2.73. The van der Waals surface area contributed by atoms with Crippen LogP contribution in [0.5, 0.6) is 0 Å². The Morgan fingerprint density at radius 2 is 1.80 bits per heavy atom. The van der Waals surface area contributed by atoms with Crippen molar-refractivity contribution in [2.75, 3.05) is 5.73 Å². The Kier molecular flexibility index (Phi) is 1.78. The summed E-state index contributed by atoms with van der Waals surface area (Å²) in [6.45, 7) is 0. The summed E-state index contributed by atoms with van der Waals surface area (Å²) in [6.07, 6.45) is 2.62. The first-order valence-corrected chi connectivity index (χ1v) is 3.85. The van der Waals surface area contributed by atoms with E-state index in [1.165, 1.54) is 12.4 Å². The number of aromatic nitrogens is 5. The normalized spacial score (nSPS) is 10.4. The SMILES string of the molecule is Nc1nccn1-n1c(=O)[nH]c(=O)[nH]c1=O. The van der Waals surface area contributed by atoms with Crippen LogP contribution in [0, 0.1) is 0 Å². The fourth-order valence-electron chi connectivity index (χ4n) is 1.10. The van der Waals surface area contributed by atoms with Crippen molar-refractivity contribution in [3.63, 3.8) is 0 Å². The smallest absolute Gasteiger partial charge is 0.353 e. The molecule has 2 aromatic heterocycles. The van der Waals surface area contributed by atoms with Crippen molar-refractivity contribution < 1.29 is 0 Å². The van der Waals surface area contributed by atoms with Gasteiger partial charge in [-0.25, -0.2) is 24.0 Å². The van der Waals surface area contributed by atoms with E-state index in [4.69, 9.17) is 5.73 Å². The lowest BCUT2D eigenvalue weighted by Gasteiger charge is -2.04. The number of H-pyrrole nitrogens is 2. The van der Waals surface area contributed by atoms with E-state index < -0.39 is 17.1 Å². The molecule has 0 aliphatic rings. The summed E-state index contributed by atoms with van der Waals surface area (Å²) >= 11 is 0. The molecule has 4 N–H and O–H groups in total. The van der Waals surface area contributed by atoms with E-state index in [2.05, 4.69) is 4.98 Å². The monoisotopic (exact) mass is 210 g/mol. The van der Waals surface area contributed by atoms with Crippen molar-refractivity contribution in [3.8, 4) is 0 Å². The maximum absolute atomic E-state index is 11.3. The summed E-state index contributed by atoms with van der Waals surface area (Å²) in [4.78, 5) is 40.7. The second-order valence-corrected chi connectivity index (χ2v) is 2.63. The van der Waals surface area contributed by atoms with Crippen LogP contribution < -0.4 is 22.8 Å². The van der Waals surface area contributed by atoms with Crippen molar-refractivity contribution in [1.82, 2.24) is 24.3 Å². The average Bonchev–Trinajstić information content (AvgIpc) is 2.50. The zero-order chi connectivity index (χ0) is 11.0. The minimum atomic E-state index is -0.895. The predicted octanol–water partition coefficient (Wildman–Crippen LogP) is -2.69. The second-order valence-electron chi connectivity index (χ2n) is 2.63. The Morgan fingerprint density at radius 1 is 1.20 bits per heavy atom. The number of nitrogens with one attached hydrogen (secondary N) is 2. The number of aromatic amines is 2. The first-order chi connectivity index (χ1) is 7.09. The molecule has 0 aromatic carbocycles. The van der Waals surface area contributed by atoms with Crippen LogP contribution in [-0.4, -0.2) is 24.3 Å². The molecule has 0 fully saturated rings. The lowest BCUT2D eigenvalue weighted by Crippen LogP contribution is -2.46. The summed E-state index contributed by atoms with van der Waals surface area (Å²) in [5, 5.41) is 0. The first-order valence-electron chi connectivity index (χ1n) is 3.85. The van der Waals surface area contributed by atoms with E-state index in [9.17, 15) is 14.4 Å². The molecule has 0 aliphatic heterocycles. The number of nitrogens with zero attached hydrogens (tertiary/aromatic N) is 3. The summed E-state index contributed by atoms with van der Waals surface area (Å²) in [7, 11) is 0. The summed E-state index contributed by atoms with van der Waals surface area (Å²) < 4.78 is 1.63. The minimum absolute atomic E-state index is 0.0466. The van der Waals surface area contributed by atoms with Gasteiger partial charge in [0.25, 0.3) is 0 Å². The third kappa shape index (κ3) is 1.35. The van der Waals surface area contributed by atoms with Gasteiger partial charge in [0.05, 0.1) is 0 Å². The Balaban J connectivity index is 2.86. The molecular formula is C6H6N6O3. The predicted molar refractivity (Wildman–Crippen MR) is 49.4 cm³/mol. The van der Waals surface area contributed by atoms with Crippen LogP contribution in [0.3, 0.4) is 0 Å². The summed E-state index contributed by atoms with van der Waals surface area (Å²) in [5.74, 6) is -0.0466. The molecular weight excluding hydrogens is 204 g/mol. The molecule has 2 heterocycles. The molecule has 2 aromatic rings. The zero-order valence-electron chi connectivity index (χ0n) is 7.30. The molecule has 0 amide bonds. The van der Waals surface area contributed by atoms with Crippen molar-refractivity contribution in [2.45, 2.75) is 0 Å². The van der Waals surface area contributed by atoms with Crippen molar-refractivity contribution in [1.29, 1.82) is 0 Å². The van der Waals surface area contributed by atoms with Crippen molar-refractivity contribution in [3.05, 3.63) is 43.8 Å². The highest BCUT2D eigenvalue weighted by molar-refractivity contribution is 5.16. The van der Waals surface area contributed by atoms with Gasteiger partial charge >= 0.3 is 17.1 Å². The first kappa shape index (κ1) is 8.99. The molecule has 0 atom stereocenters. The molecule has 78 valence electrons. The third-order valence-corrected chi connectivity index (χ3v) is 1.69. The van der Waals surface area contributed by atoms with E-state index >= 15 is 0 Å². The van der Waals surface area contributed by atoms with Crippen LogP contribution in [0.4, 0.5) is 5.95 Å². The highest BCUT2D eigenvalue weighted by atomic mass is 16.2. The maximum Gasteiger partial charge on any atom is 0.353 e. The lowest BCUT2D eigenvalue weighted by atomic mass is 10.9. The average molecular weight is 210 g/mol. The van der Waals surface area contributed by atoms with Crippen molar-refractivity contribution in [2.24, 2.45) is 0 Å². The van der Waals surface area contributed by atoms with Gasteiger partial charge in [0.2, 0.25) is 5.95 Å². The van der Waals surface area contributed by atoms with Gasteiger partial charge in [-0.3, -0.25) is 9.97 Å². The maximum atomic E-state index is 11.3. The molecule has 9 heteroatoms. The number of hydrogen-bond acceptors (Lipinski definition) is 5. The van der Waals surface area contributed by atoms with Gasteiger partial charge in [0.1, 0.15) is 0 Å². The van der Waals surface area contributed by atoms with Gasteiger partial charge in [-0.1, -0.05) is 0 Å². The molecule has 0 spiro atoms. The van der Waals surface area contributed by atoms with Gasteiger partial charge < -0.3 is 5.73 Å². The van der Waals surface area contributed by atoms with E-state index in [0.717, 1.165) is 4.68 Å². The topological polar surface area (TPSA) is 132 Å². The van der Waals surface area contributed by atoms with Crippen LogP contribution in [0.25, 0.3) is 0 Å². The van der Waals surface area contributed by atoms with E-state index in [0.29, 0.717) is 4.68 Å². The molecule has 9 nitrogen and oxygen atoms in total. The molecule has 0 radical (unpaired) electrons. The number of nitrogen functional groups attached to an aromatic ring is 1. The minimum Gasteiger partial charge on any atom is -0.368 e. The van der Waals surface area contributed by atoms with Crippen LogP contribution in [0.2, 0.25) is 0 Å². The van der Waals surface area contributed by atoms with Gasteiger partial charge in [0, 0.05) is 12.4 Å². The summed E-state index contributed by atoms with van der Waals surface area (Å²) in [6, 6.07) is 0. The van der Waals surface area contributed by atoms with E-state index in [1.807, 2.05) is 9.97 Å². The van der Waals surface area contributed by atoms with Crippen LogP contribution in [0.15, 0.2) is 26.8 Å². The van der Waals surface area contributed by atoms with Gasteiger partial charge in [-0.05, 0) is 0 Å². The molecule has 2 rings (SSSR count). The fraction of sp³-hybridized carbons (Fsp3) is 0. The second kappa shape index (κ2) is 2.97. The van der Waals surface area contributed by atoms with Gasteiger partial charge in [-0.2, -0.15) is 0 Å². The Labute approximate surface area is 80.8 Å². The molecule has 0 aliphatic carbocycles. The highest BCUT2D eigenvalue weighted by Crippen LogP contribution is 1.93. The van der Waals surface area contributed by atoms with Crippen LogP contribution in [-0.2, 0) is 0 Å². The molecule has 0 saturated heterocycles. The van der Waals surface area contributed by atoms with Gasteiger partial charge in [0.15, 0.2) is 0 Å². The Hall–Kier alpha value is -2.58. The molecule has 0 bridgehead atoms. The number of imidazole rings is 1. The molecule has 0 unspecified atom stereocenters.